The number of rotatable bonds is 2. The Kier molecular flexibility index (Phi) is 5.50. The zero-order chi connectivity index (χ0) is 17.2. The van der Waals surface area contributed by atoms with Gasteiger partial charge in [-0.3, -0.25) is 4.79 Å². The number of nitrogens with zero attached hydrogens (tertiary/aromatic N) is 1. The van der Waals surface area contributed by atoms with Crippen molar-refractivity contribution < 1.29 is 13.2 Å². The molecule has 2 fully saturated rings. The van der Waals surface area contributed by atoms with Crippen molar-refractivity contribution in [3.05, 3.63) is 34.9 Å². The summed E-state index contributed by atoms with van der Waals surface area (Å²) in [6, 6.07) is 7.12. The van der Waals surface area contributed by atoms with Crippen molar-refractivity contribution in [1.29, 1.82) is 0 Å². The Hall–Kier alpha value is -1.07. The first kappa shape index (κ1) is 17.7. The first-order valence-electron chi connectivity index (χ1n) is 8.74. The van der Waals surface area contributed by atoms with Crippen LogP contribution in [-0.2, 0) is 14.6 Å². The van der Waals surface area contributed by atoms with Gasteiger partial charge in [-0.1, -0.05) is 49.1 Å². The molecule has 6 heteroatoms. The average molecular weight is 370 g/mol. The van der Waals surface area contributed by atoms with Gasteiger partial charge in [-0.25, -0.2) is 8.42 Å². The Morgan fingerprint density at radius 1 is 1.04 bits per heavy atom. The van der Waals surface area contributed by atoms with Gasteiger partial charge in [0.15, 0.2) is 9.84 Å². The molecule has 1 aromatic carbocycles. The molecular weight excluding hydrogens is 346 g/mol. The SMILES string of the molecule is O=C(C1CCCCC1)N1CCC(c2ccccc2Cl)S(=O)(=O)CC1. The quantitative estimate of drug-likeness (QED) is 0.800. The van der Waals surface area contributed by atoms with Gasteiger partial charge < -0.3 is 4.90 Å². The van der Waals surface area contributed by atoms with E-state index in [9.17, 15) is 13.2 Å². The fourth-order valence-corrected chi connectivity index (χ4v) is 6.01. The highest BCUT2D eigenvalue weighted by Gasteiger charge is 2.35. The average Bonchev–Trinajstić information content (AvgIpc) is 2.74. The van der Waals surface area contributed by atoms with Crippen LogP contribution >= 0.6 is 11.6 Å². The van der Waals surface area contributed by atoms with Gasteiger partial charge in [0, 0.05) is 24.0 Å². The van der Waals surface area contributed by atoms with Gasteiger partial charge in [-0.05, 0) is 30.9 Å². The molecule has 0 radical (unpaired) electrons. The first-order valence-corrected chi connectivity index (χ1v) is 10.8. The Labute approximate surface area is 149 Å². The van der Waals surface area contributed by atoms with Gasteiger partial charge in [-0.2, -0.15) is 0 Å². The predicted molar refractivity (Wildman–Crippen MR) is 95.8 cm³/mol. The monoisotopic (exact) mass is 369 g/mol. The lowest BCUT2D eigenvalue weighted by molar-refractivity contribution is -0.136. The van der Waals surface area contributed by atoms with E-state index in [4.69, 9.17) is 11.6 Å². The third-order valence-electron chi connectivity index (χ3n) is 5.26. The third kappa shape index (κ3) is 3.77. The van der Waals surface area contributed by atoms with Crippen LogP contribution in [-0.4, -0.2) is 38.1 Å². The molecule has 132 valence electrons. The minimum atomic E-state index is -3.31. The number of sulfone groups is 1. The summed E-state index contributed by atoms with van der Waals surface area (Å²) in [5.74, 6) is 0.240. The minimum Gasteiger partial charge on any atom is -0.341 e. The maximum atomic E-state index is 12.7. The summed E-state index contributed by atoms with van der Waals surface area (Å²) in [7, 11) is -3.31. The maximum Gasteiger partial charge on any atom is 0.225 e. The van der Waals surface area contributed by atoms with Crippen molar-refractivity contribution in [2.24, 2.45) is 5.92 Å². The molecule has 1 saturated heterocycles. The molecule has 1 atom stereocenters. The van der Waals surface area contributed by atoms with Crippen LogP contribution in [0.5, 0.6) is 0 Å². The number of benzene rings is 1. The number of carbonyl (C=O) groups excluding carboxylic acids is 1. The molecular formula is C18H24ClNO3S. The second-order valence-electron chi connectivity index (χ2n) is 6.83. The fraction of sp³-hybridized carbons (Fsp3) is 0.611. The molecule has 4 nitrogen and oxygen atoms in total. The molecule has 1 aromatic rings. The van der Waals surface area contributed by atoms with Crippen LogP contribution in [0, 0.1) is 5.92 Å². The molecule has 2 aliphatic rings. The molecule has 1 heterocycles. The van der Waals surface area contributed by atoms with Crippen LogP contribution in [0.25, 0.3) is 0 Å². The molecule has 1 amide bonds. The summed E-state index contributed by atoms with van der Waals surface area (Å²) in [5.41, 5.74) is 0.658. The Morgan fingerprint density at radius 2 is 1.75 bits per heavy atom. The van der Waals surface area contributed by atoms with Crippen LogP contribution in [0.1, 0.15) is 49.3 Å². The largest absolute Gasteiger partial charge is 0.341 e. The van der Waals surface area contributed by atoms with Crippen molar-refractivity contribution in [3.8, 4) is 0 Å². The van der Waals surface area contributed by atoms with E-state index < -0.39 is 15.1 Å². The van der Waals surface area contributed by atoms with Crippen LogP contribution in [0.2, 0.25) is 5.02 Å². The van der Waals surface area contributed by atoms with Crippen molar-refractivity contribution in [3.63, 3.8) is 0 Å². The maximum absolute atomic E-state index is 12.7. The molecule has 3 rings (SSSR count). The summed E-state index contributed by atoms with van der Waals surface area (Å²) in [6.45, 7) is 0.795. The van der Waals surface area contributed by atoms with Crippen molar-refractivity contribution in [2.75, 3.05) is 18.8 Å². The molecule has 0 spiro atoms. The first-order chi connectivity index (χ1) is 11.5. The standard InChI is InChI=1S/C18H24ClNO3S/c19-16-9-5-4-8-15(16)17-10-11-20(12-13-24(17,22)23)18(21)14-6-2-1-3-7-14/h4-5,8-9,14,17H,1-3,6-7,10-13H2. The van der Waals surface area contributed by atoms with E-state index >= 15 is 0 Å². The molecule has 1 saturated carbocycles. The molecule has 1 unspecified atom stereocenters. The summed E-state index contributed by atoms with van der Waals surface area (Å²) in [6.07, 6.45) is 5.71. The number of carbonyl (C=O) groups is 1. The summed E-state index contributed by atoms with van der Waals surface area (Å²) in [4.78, 5) is 14.5. The van der Waals surface area contributed by atoms with E-state index in [-0.39, 0.29) is 17.6 Å². The summed E-state index contributed by atoms with van der Waals surface area (Å²) >= 11 is 6.21. The van der Waals surface area contributed by atoms with Gasteiger partial charge >= 0.3 is 0 Å². The lowest BCUT2D eigenvalue weighted by Gasteiger charge is -2.28. The van der Waals surface area contributed by atoms with Crippen LogP contribution < -0.4 is 0 Å². The van der Waals surface area contributed by atoms with Crippen molar-refractivity contribution >= 4 is 27.3 Å². The van der Waals surface area contributed by atoms with E-state index in [1.807, 2.05) is 6.07 Å². The predicted octanol–water partition coefficient (Wildman–Crippen LogP) is 3.61. The molecule has 1 aliphatic heterocycles. The normalized spacial score (nSPS) is 25.2. The number of hydrogen-bond acceptors (Lipinski definition) is 3. The lowest BCUT2D eigenvalue weighted by Crippen LogP contribution is -2.38. The third-order valence-corrected chi connectivity index (χ3v) is 7.71. The fourth-order valence-electron chi connectivity index (χ4n) is 3.86. The summed E-state index contributed by atoms with van der Waals surface area (Å²) in [5, 5.41) is -0.131. The number of halogens is 1. The zero-order valence-corrected chi connectivity index (χ0v) is 15.4. The van der Waals surface area contributed by atoms with E-state index in [2.05, 4.69) is 0 Å². The van der Waals surface area contributed by atoms with E-state index in [1.165, 1.54) is 6.42 Å². The second-order valence-corrected chi connectivity index (χ2v) is 9.54. The molecule has 0 N–H and O–H groups in total. The van der Waals surface area contributed by atoms with Crippen LogP contribution in [0.3, 0.4) is 0 Å². The Balaban J connectivity index is 1.77. The second kappa shape index (κ2) is 7.44. The molecule has 1 aliphatic carbocycles. The molecule has 0 aromatic heterocycles. The van der Waals surface area contributed by atoms with Crippen molar-refractivity contribution in [2.45, 2.75) is 43.8 Å². The smallest absolute Gasteiger partial charge is 0.225 e. The number of hydrogen-bond donors (Lipinski definition) is 0. The van der Waals surface area contributed by atoms with E-state index in [0.29, 0.717) is 30.1 Å². The van der Waals surface area contributed by atoms with E-state index in [0.717, 1.165) is 25.7 Å². The highest BCUT2D eigenvalue weighted by Crippen LogP contribution is 2.34. The lowest BCUT2D eigenvalue weighted by atomic mass is 9.88. The molecule has 24 heavy (non-hydrogen) atoms. The van der Waals surface area contributed by atoms with Crippen LogP contribution in [0.15, 0.2) is 24.3 Å². The highest BCUT2D eigenvalue weighted by atomic mass is 35.5. The zero-order valence-electron chi connectivity index (χ0n) is 13.8. The van der Waals surface area contributed by atoms with Gasteiger partial charge in [0.1, 0.15) is 0 Å². The van der Waals surface area contributed by atoms with Gasteiger partial charge in [0.25, 0.3) is 0 Å². The summed E-state index contributed by atoms with van der Waals surface area (Å²) < 4.78 is 25.4. The Bertz CT molecular complexity index is 698. The van der Waals surface area contributed by atoms with Crippen molar-refractivity contribution in [1.82, 2.24) is 4.90 Å². The van der Waals surface area contributed by atoms with Crippen LogP contribution in [0.4, 0.5) is 0 Å². The van der Waals surface area contributed by atoms with Gasteiger partial charge in [0.2, 0.25) is 5.91 Å². The number of amides is 1. The highest BCUT2D eigenvalue weighted by molar-refractivity contribution is 7.91. The van der Waals surface area contributed by atoms with E-state index in [1.54, 1.807) is 23.1 Å². The molecule has 0 bridgehead atoms. The minimum absolute atomic E-state index is 0.0152. The topological polar surface area (TPSA) is 54.5 Å². The van der Waals surface area contributed by atoms with Gasteiger partial charge in [0.05, 0.1) is 11.0 Å². The van der Waals surface area contributed by atoms with Gasteiger partial charge in [-0.15, -0.1) is 0 Å². The Morgan fingerprint density at radius 3 is 2.46 bits per heavy atom.